The molecule has 1 atom stereocenters. The number of carboxylic acid groups (broad SMARTS) is 1. The summed E-state index contributed by atoms with van der Waals surface area (Å²) in [5, 5.41) is 12.2. The number of oxazole rings is 1. The van der Waals surface area contributed by atoms with Crippen molar-refractivity contribution in [3.05, 3.63) is 28.7 Å². The number of fused-ring (bicyclic) bond motifs is 1. The number of hydrogen-bond donors (Lipinski definition) is 3. The van der Waals surface area contributed by atoms with Gasteiger partial charge in [0.05, 0.1) is 11.4 Å². The third-order valence-electron chi connectivity index (χ3n) is 3.07. The molecule has 0 bridgehead atoms. The summed E-state index contributed by atoms with van der Waals surface area (Å²) < 4.78 is 4.89. The van der Waals surface area contributed by atoms with Crippen LogP contribution in [0.4, 0.5) is 5.69 Å². The Kier molecular flexibility index (Phi) is 3.59. The SMILES string of the molecule is CC(C)C(CNc1ccc2oc(=O)[nH]c2c1)C(=O)O. The molecule has 0 saturated heterocycles. The van der Waals surface area contributed by atoms with Gasteiger partial charge in [-0.2, -0.15) is 0 Å². The van der Waals surface area contributed by atoms with Gasteiger partial charge in [0.25, 0.3) is 0 Å². The Bertz CT molecular complexity index is 641. The van der Waals surface area contributed by atoms with Crippen molar-refractivity contribution in [2.24, 2.45) is 11.8 Å². The second kappa shape index (κ2) is 5.17. The van der Waals surface area contributed by atoms with E-state index in [4.69, 9.17) is 9.52 Å². The number of aromatic amines is 1. The Balaban J connectivity index is 2.12. The van der Waals surface area contributed by atoms with E-state index in [0.29, 0.717) is 17.6 Å². The lowest BCUT2D eigenvalue weighted by atomic mass is 9.96. The summed E-state index contributed by atoms with van der Waals surface area (Å²) in [6.07, 6.45) is 0. The van der Waals surface area contributed by atoms with Gasteiger partial charge in [0.1, 0.15) is 0 Å². The second-order valence-corrected chi connectivity index (χ2v) is 4.80. The van der Waals surface area contributed by atoms with Crippen LogP contribution in [-0.2, 0) is 4.79 Å². The molecule has 2 aromatic rings. The fraction of sp³-hybridized carbons (Fsp3) is 0.385. The first-order valence-corrected chi connectivity index (χ1v) is 6.07. The molecule has 3 N–H and O–H groups in total. The van der Waals surface area contributed by atoms with Crippen LogP contribution in [0.2, 0.25) is 0 Å². The van der Waals surface area contributed by atoms with Gasteiger partial charge in [0.15, 0.2) is 5.58 Å². The zero-order valence-electron chi connectivity index (χ0n) is 10.8. The summed E-state index contributed by atoms with van der Waals surface area (Å²) in [4.78, 5) is 24.7. The maximum Gasteiger partial charge on any atom is 0.417 e. The summed E-state index contributed by atoms with van der Waals surface area (Å²) in [5.74, 6) is -1.74. The van der Waals surface area contributed by atoms with Crippen molar-refractivity contribution >= 4 is 22.8 Å². The number of hydrogen-bond acceptors (Lipinski definition) is 4. The number of aromatic nitrogens is 1. The number of carbonyl (C=O) groups is 1. The van der Waals surface area contributed by atoms with Gasteiger partial charge in [-0.3, -0.25) is 9.78 Å². The number of rotatable bonds is 5. The Morgan fingerprint density at radius 1 is 1.47 bits per heavy atom. The zero-order valence-corrected chi connectivity index (χ0v) is 10.8. The van der Waals surface area contributed by atoms with Crippen LogP contribution in [0.3, 0.4) is 0 Å². The predicted octanol–water partition coefficient (Wildman–Crippen LogP) is 1.89. The van der Waals surface area contributed by atoms with E-state index in [1.165, 1.54) is 0 Å². The highest BCUT2D eigenvalue weighted by Gasteiger charge is 2.20. The molecule has 0 aliphatic carbocycles. The molecule has 0 spiro atoms. The van der Waals surface area contributed by atoms with Crippen LogP contribution < -0.4 is 11.1 Å². The monoisotopic (exact) mass is 264 g/mol. The molecule has 6 nitrogen and oxygen atoms in total. The summed E-state index contributed by atoms with van der Waals surface area (Å²) >= 11 is 0. The molecule has 0 aliphatic rings. The van der Waals surface area contributed by atoms with Crippen molar-refractivity contribution in [2.75, 3.05) is 11.9 Å². The quantitative estimate of drug-likeness (QED) is 0.766. The van der Waals surface area contributed by atoms with Crippen LogP contribution in [-0.4, -0.2) is 22.6 Å². The number of aliphatic carboxylic acids is 1. The standard InChI is InChI=1S/C13H16N2O4/c1-7(2)9(12(16)17)6-14-8-3-4-11-10(5-8)15-13(18)19-11/h3-5,7,9,14H,6H2,1-2H3,(H,15,18)(H,16,17). The molecule has 19 heavy (non-hydrogen) atoms. The molecule has 0 amide bonds. The second-order valence-electron chi connectivity index (χ2n) is 4.80. The average molecular weight is 264 g/mol. The van der Waals surface area contributed by atoms with Crippen molar-refractivity contribution in [3.8, 4) is 0 Å². The molecule has 1 aromatic heterocycles. The molecule has 0 saturated carbocycles. The summed E-state index contributed by atoms with van der Waals surface area (Å²) in [7, 11) is 0. The summed E-state index contributed by atoms with van der Waals surface area (Å²) in [6, 6.07) is 5.14. The van der Waals surface area contributed by atoms with Gasteiger partial charge in [0, 0.05) is 12.2 Å². The van der Waals surface area contributed by atoms with Crippen LogP contribution in [0.1, 0.15) is 13.8 Å². The van der Waals surface area contributed by atoms with Gasteiger partial charge >= 0.3 is 11.7 Å². The highest BCUT2D eigenvalue weighted by atomic mass is 16.4. The van der Waals surface area contributed by atoms with Crippen molar-refractivity contribution < 1.29 is 14.3 Å². The molecule has 2 rings (SSSR count). The minimum absolute atomic E-state index is 0.0439. The number of nitrogens with one attached hydrogen (secondary N) is 2. The highest BCUT2D eigenvalue weighted by Crippen LogP contribution is 2.18. The lowest BCUT2D eigenvalue weighted by Crippen LogP contribution is -2.27. The van der Waals surface area contributed by atoms with Crippen LogP contribution in [0.25, 0.3) is 11.1 Å². The van der Waals surface area contributed by atoms with Crippen molar-refractivity contribution in [1.82, 2.24) is 4.98 Å². The normalized spacial score (nSPS) is 12.8. The number of carboxylic acids is 1. The number of anilines is 1. The maximum atomic E-state index is 11.1. The smallest absolute Gasteiger partial charge is 0.417 e. The minimum Gasteiger partial charge on any atom is -0.481 e. The van der Waals surface area contributed by atoms with E-state index in [9.17, 15) is 9.59 Å². The van der Waals surface area contributed by atoms with Gasteiger partial charge in [0.2, 0.25) is 0 Å². The summed E-state index contributed by atoms with van der Waals surface area (Å²) in [5.41, 5.74) is 1.82. The Labute approximate surface area is 109 Å². The molecular weight excluding hydrogens is 248 g/mol. The van der Waals surface area contributed by atoms with Crippen molar-refractivity contribution in [1.29, 1.82) is 0 Å². The molecular formula is C13H16N2O4. The van der Waals surface area contributed by atoms with Gasteiger partial charge in [-0.25, -0.2) is 4.79 Å². The fourth-order valence-electron chi connectivity index (χ4n) is 1.90. The van der Waals surface area contributed by atoms with Crippen LogP contribution >= 0.6 is 0 Å². The molecule has 1 aromatic carbocycles. The predicted molar refractivity (Wildman–Crippen MR) is 71.3 cm³/mol. The van der Waals surface area contributed by atoms with Gasteiger partial charge < -0.3 is 14.8 Å². The van der Waals surface area contributed by atoms with Gasteiger partial charge in [-0.1, -0.05) is 13.8 Å². The van der Waals surface area contributed by atoms with E-state index in [2.05, 4.69) is 10.3 Å². The molecule has 0 fully saturated rings. The Morgan fingerprint density at radius 2 is 2.21 bits per heavy atom. The van der Waals surface area contributed by atoms with E-state index >= 15 is 0 Å². The fourth-order valence-corrected chi connectivity index (χ4v) is 1.90. The van der Waals surface area contributed by atoms with Crippen LogP contribution in [0, 0.1) is 11.8 Å². The zero-order chi connectivity index (χ0) is 14.0. The lowest BCUT2D eigenvalue weighted by Gasteiger charge is -2.17. The highest BCUT2D eigenvalue weighted by molar-refractivity contribution is 5.77. The van der Waals surface area contributed by atoms with E-state index < -0.39 is 17.6 Å². The van der Waals surface area contributed by atoms with E-state index in [0.717, 1.165) is 5.69 Å². The first kappa shape index (κ1) is 13.2. The third kappa shape index (κ3) is 2.96. The molecule has 6 heteroatoms. The molecule has 0 radical (unpaired) electrons. The topological polar surface area (TPSA) is 95.3 Å². The van der Waals surface area contributed by atoms with Gasteiger partial charge in [-0.15, -0.1) is 0 Å². The molecule has 1 unspecified atom stereocenters. The van der Waals surface area contributed by atoms with Gasteiger partial charge in [-0.05, 0) is 24.1 Å². The van der Waals surface area contributed by atoms with Crippen molar-refractivity contribution in [2.45, 2.75) is 13.8 Å². The number of benzene rings is 1. The lowest BCUT2D eigenvalue weighted by molar-refractivity contribution is -0.142. The maximum absolute atomic E-state index is 11.1. The first-order chi connectivity index (χ1) is 8.97. The summed E-state index contributed by atoms with van der Waals surface area (Å²) in [6.45, 7) is 4.08. The van der Waals surface area contributed by atoms with E-state index in [-0.39, 0.29) is 5.92 Å². The first-order valence-electron chi connectivity index (χ1n) is 6.07. The number of H-pyrrole nitrogens is 1. The minimum atomic E-state index is -0.819. The third-order valence-corrected chi connectivity index (χ3v) is 3.07. The van der Waals surface area contributed by atoms with E-state index in [1.54, 1.807) is 18.2 Å². The molecule has 102 valence electrons. The van der Waals surface area contributed by atoms with E-state index in [1.807, 2.05) is 13.8 Å². The molecule has 0 aliphatic heterocycles. The Morgan fingerprint density at radius 3 is 2.84 bits per heavy atom. The van der Waals surface area contributed by atoms with Crippen LogP contribution in [0.15, 0.2) is 27.4 Å². The largest absolute Gasteiger partial charge is 0.481 e. The van der Waals surface area contributed by atoms with Crippen molar-refractivity contribution in [3.63, 3.8) is 0 Å². The molecule has 1 heterocycles. The average Bonchev–Trinajstić information content (AvgIpc) is 2.67. The Hall–Kier alpha value is -2.24. The van der Waals surface area contributed by atoms with Crippen LogP contribution in [0.5, 0.6) is 0 Å².